The largest absolute Gasteiger partial charge is 0.458 e. The van der Waals surface area contributed by atoms with Crippen molar-refractivity contribution >= 4 is 29.2 Å². The molecule has 0 bridgehead atoms. The number of cyclic esters (lactones) is 1. The minimum atomic E-state index is -1.24. The third-order valence-corrected chi connectivity index (χ3v) is 9.74. The first-order chi connectivity index (χ1) is 19.1. The topological polar surface area (TPSA) is 125 Å². The molecule has 10 heteroatoms. The number of ether oxygens (including phenoxy) is 2. The number of epoxide rings is 1. The van der Waals surface area contributed by atoms with E-state index in [0.717, 1.165) is 48.6 Å². The summed E-state index contributed by atoms with van der Waals surface area (Å²) >= 11 is 1.59. The maximum absolute atomic E-state index is 13.3. The Bertz CT molecular complexity index is 1070. The Morgan fingerprint density at radius 2 is 1.95 bits per heavy atom. The second-order valence-corrected chi connectivity index (χ2v) is 14.1. The summed E-state index contributed by atoms with van der Waals surface area (Å²) in [4.78, 5) is 33.3. The molecule has 0 saturated carbocycles. The summed E-state index contributed by atoms with van der Waals surface area (Å²) in [5.41, 5.74) is 0.131. The van der Waals surface area contributed by atoms with Crippen LogP contribution in [-0.4, -0.2) is 89.1 Å². The second kappa shape index (κ2) is 14.2. The van der Waals surface area contributed by atoms with Crippen molar-refractivity contribution in [1.82, 2.24) is 15.2 Å². The molecule has 0 aromatic carbocycles. The summed E-state index contributed by atoms with van der Waals surface area (Å²) in [5.74, 6) is -1.57. The number of aromatic nitrogens is 1. The maximum atomic E-state index is 13.3. The number of aliphatic hydroxyl groups is 2. The van der Waals surface area contributed by atoms with Gasteiger partial charge in [-0.05, 0) is 58.4 Å². The van der Waals surface area contributed by atoms with Gasteiger partial charge in [-0.1, -0.05) is 34.1 Å². The third-order valence-electron chi connectivity index (χ3n) is 8.87. The van der Waals surface area contributed by atoms with Crippen LogP contribution in [-0.2, 0) is 25.6 Å². The van der Waals surface area contributed by atoms with Gasteiger partial charge < -0.3 is 29.9 Å². The number of carbonyl (C=O) groups excluding carboxylic acids is 2. The average molecular weight is 594 g/mol. The molecule has 2 saturated heterocycles. The van der Waals surface area contributed by atoms with Crippen molar-refractivity contribution in [1.29, 1.82) is 0 Å². The van der Waals surface area contributed by atoms with Crippen LogP contribution in [0.25, 0.3) is 6.08 Å². The number of hydrogen-bond acceptors (Lipinski definition) is 10. The third kappa shape index (κ3) is 9.15. The molecule has 2 fully saturated rings. The van der Waals surface area contributed by atoms with Crippen molar-refractivity contribution in [2.45, 2.75) is 110 Å². The second-order valence-electron chi connectivity index (χ2n) is 13.1. The van der Waals surface area contributed by atoms with Crippen LogP contribution in [0.5, 0.6) is 0 Å². The molecular formula is C31H51N3O6S. The lowest BCUT2D eigenvalue weighted by Gasteiger charge is -2.34. The SMILES string of the molecule is CC(=Cc1csc(CNCCN(C)C)n1)[C@@H]1C[C@@H]2O[C@]2(C)CCC[C@H](C)[C@H](O)[C@@H](C)C(=O)C(C)(C)[C@@H](O)CC(=O)O1. The van der Waals surface area contributed by atoms with Gasteiger partial charge in [0, 0.05) is 37.4 Å². The fourth-order valence-corrected chi connectivity index (χ4v) is 6.31. The van der Waals surface area contributed by atoms with Crippen LogP contribution >= 0.6 is 11.3 Å². The maximum Gasteiger partial charge on any atom is 0.309 e. The van der Waals surface area contributed by atoms with Crippen LogP contribution in [0.2, 0.25) is 0 Å². The predicted molar refractivity (Wildman–Crippen MR) is 161 cm³/mol. The molecule has 2 aliphatic rings. The highest BCUT2D eigenvalue weighted by Crippen LogP contribution is 2.45. The van der Waals surface area contributed by atoms with E-state index >= 15 is 0 Å². The minimum absolute atomic E-state index is 0.0643. The van der Waals surface area contributed by atoms with Crippen LogP contribution < -0.4 is 5.32 Å². The Morgan fingerprint density at radius 1 is 1.24 bits per heavy atom. The lowest BCUT2D eigenvalue weighted by molar-refractivity contribution is -0.154. The van der Waals surface area contributed by atoms with Crippen LogP contribution in [0.1, 0.15) is 84.3 Å². The highest BCUT2D eigenvalue weighted by atomic mass is 32.1. The Kier molecular flexibility index (Phi) is 11.7. The van der Waals surface area contributed by atoms with Gasteiger partial charge in [0.25, 0.3) is 0 Å². The summed E-state index contributed by atoms with van der Waals surface area (Å²) in [7, 11) is 4.08. The van der Waals surface area contributed by atoms with Crippen LogP contribution in [0, 0.1) is 17.3 Å². The Labute approximate surface area is 249 Å². The van der Waals surface area contributed by atoms with E-state index in [0.29, 0.717) is 13.0 Å². The van der Waals surface area contributed by atoms with Gasteiger partial charge in [0.2, 0.25) is 0 Å². The molecule has 0 aliphatic carbocycles. The smallest absolute Gasteiger partial charge is 0.309 e. The van der Waals surface area contributed by atoms with Gasteiger partial charge in [0.05, 0.1) is 41.4 Å². The molecule has 3 N–H and O–H groups in total. The number of nitrogens with zero attached hydrogens (tertiary/aromatic N) is 2. The number of esters is 1. The zero-order chi connectivity index (χ0) is 30.5. The van der Waals surface area contributed by atoms with Crippen LogP contribution in [0.4, 0.5) is 0 Å². The zero-order valence-corrected chi connectivity index (χ0v) is 26.9. The number of nitrogens with one attached hydrogen (secondary N) is 1. The van der Waals surface area contributed by atoms with E-state index in [4.69, 9.17) is 14.5 Å². The first-order valence-electron chi connectivity index (χ1n) is 14.9. The molecule has 9 nitrogen and oxygen atoms in total. The fraction of sp³-hybridized carbons (Fsp3) is 0.774. The van der Waals surface area contributed by atoms with Crippen molar-refractivity contribution in [2.75, 3.05) is 27.2 Å². The monoisotopic (exact) mass is 593 g/mol. The van der Waals surface area contributed by atoms with Gasteiger partial charge >= 0.3 is 5.97 Å². The molecule has 41 heavy (non-hydrogen) atoms. The lowest BCUT2D eigenvalue weighted by atomic mass is 9.73. The van der Waals surface area contributed by atoms with Crippen molar-refractivity contribution in [3.8, 4) is 0 Å². The van der Waals surface area contributed by atoms with E-state index in [9.17, 15) is 19.8 Å². The number of ketones is 1. The lowest BCUT2D eigenvalue weighted by Crippen LogP contribution is -2.45. The summed E-state index contributed by atoms with van der Waals surface area (Å²) in [6, 6.07) is 0. The van der Waals surface area contributed by atoms with Gasteiger partial charge in [-0.3, -0.25) is 9.59 Å². The van der Waals surface area contributed by atoms with Gasteiger partial charge in [-0.15, -0.1) is 11.3 Å². The number of rotatable bonds is 7. The first kappa shape index (κ1) is 33.8. The highest BCUT2D eigenvalue weighted by molar-refractivity contribution is 7.09. The van der Waals surface area contributed by atoms with Crippen LogP contribution in [0.3, 0.4) is 0 Å². The van der Waals surface area contributed by atoms with Crippen molar-refractivity contribution in [2.24, 2.45) is 17.3 Å². The molecule has 0 spiro atoms. The van der Waals surface area contributed by atoms with Gasteiger partial charge in [-0.2, -0.15) is 0 Å². The number of fused-ring (bicyclic) bond motifs is 1. The van der Waals surface area contributed by atoms with E-state index in [-0.39, 0.29) is 29.8 Å². The predicted octanol–water partition coefficient (Wildman–Crippen LogP) is 3.82. The Morgan fingerprint density at radius 3 is 2.63 bits per heavy atom. The van der Waals surface area contributed by atoms with Crippen LogP contribution in [0.15, 0.2) is 11.0 Å². The van der Waals surface area contributed by atoms with Crippen molar-refractivity contribution < 1.29 is 29.3 Å². The molecule has 3 rings (SSSR count). The van der Waals surface area contributed by atoms with Gasteiger partial charge in [0.15, 0.2) is 0 Å². The first-order valence-corrected chi connectivity index (χ1v) is 15.8. The number of carbonyl (C=O) groups is 2. The molecular weight excluding hydrogens is 542 g/mol. The minimum Gasteiger partial charge on any atom is -0.458 e. The number of aliphatic hydroxyl groups excluding tert-OH is 2. The summed E-state index contributed by atoms with van der Waals surface area (Å²) in [5, 5.41) is 28.3. The molecule has 1 aromatic heterocycles. The molecule has 3 heterocycles. The van der Waals surface area contributed by atoms with Crippen molar-refractivity contribution in [3.05, 3.63) is 21.7 Å². The summed E-state index contributed by atoms with van der Waals surface area (Å²) < 4.78 is 12.1. The van der Waals surface area contributed by atoms with E-state index in [1.165, 1.54) is 0 Å². The quantitative estimate of drug-likeness (QED) is 0.246. The highest BCUT2D eigenvalue weighted by Gasteiger charge is 2.53. The van der Waals surface area contributed by atoms with E-state index in [1.807, 2.05) is 39.4 Å². The molecule has 2 aliphatic heterocycles. The fourth-order valence-electron chi connectivity index (χ4n) is 5.59. The molecule has 0 radical (unpaired) electrons. The standard InChI is InChI=1S/C31H51N3O6S/c1-19-10-9-11-31(6)25(40-31)15-23(20(2)14-22-18-41-26(33-22)17-32-12-13-34(7)8)39-27(36)16-24(35)30(4,5)29(38)21(3)28(19)37/h14,18-19,21,23-25,28,32,35,37H,9-13,15-17H2,1-8H3/t19-,21+,23-,24-,25-,28-,31+/m0/s1. The molecule has 232 valence electrons. The number of hydrogen-bond donors (Lipinski definition) is 3. The van der Waals surface area contributed by atoms with E-state index in [1.54, 1.807) is 32.1 Å². The zero-order valence-electron chi connectivity index (χ0n) is 26.1. The van der Waals surface area contributed by atoms with Gasteiger partial charge in [0.1, 0.15) is 16.9 Å². The average Bonchev–Trinajstić information content (AvgIpc) is 3.31. The Hall–Kier alpha value is -1.69. The Balaban J connectivity index is 1.77. The molecule has 1 aromatic rings. The number of thiazole rings is 1. The molecule has 0 amide bonds. The molecule has 0 unspecified atom stereocenters. The normalized spacial score (nSPS) is 33.9. The summed E-state index contributed by atoms with van der Waals surface area (Å²) in [6.07, 6.45) is 1.89. The van der Waals surface area contributed by atoms with E-state index < -0.39 is 35.6 Å². The number of likely N-dealkylation sites (N-methyl/N-ethyl adjacent to an activating group) is 1. The number of Topliss-reactive ketones (excluding diaryl/α,β-unsaturated/α-hetero) is 1. The van der Waals surface area contributed by atoms with Gasteiger partial charge in [-0.25, -0.2) is 4.98 Å². The summed E-state index contributed by atoms with van der Waals surface area (Å²) in [6.45, 7) is 13.5. The molecule has 7 atom stereocenters. The van der Waals surface area contributed by atoms with E-state index in [2.05, 4.69) is 17.1 Å². The van der Waals surface area contributed by atoms with Crippen molar-refractivity contribution in [3.63, 3.8) is 0 Å².